The van der Waals surface area contributed by atoms with Crippen molar-refractivity contribution in [3.63, 3.8) is 0 Å². The molecule has 1 fully saturated rings. The summed E-state index contributed by atoms with van der Waals surface area (Å²) < 4.78 is 28.8. The van der Waals surface area contributed by atoms with Crippen LogP contribution < -0.4 is 4.13 Å². The Bertz CT molecular complexity index is 197. The maximum Gasteiger partial charge on any atom is 0.228 e. The zero-order valence-electron chi connectivity index (χ0n) is 4.98. The first-order valence-corrected chi connectivity index (χ1v) is 5.97. The Labute approximate surface area is 68.7 Å². The van der Waals surface area contributed by atoms with Gasteiger partial charge in [0, 0.05) is 0 Å². The first kappa shape index (κ1) is 8.66. The van der Waals surface area contributed by atoms with E-state index in [1.165, 1.54) is 0 Å². The highest BCUT2D eigenvalue weighted by Gasteiger charge is 2.32. The predicted molar refractivity (Wildman–Crippen MR) is 43.2 cm³/mol. The van der Waals surface area contributed by atoms with Crippen molar-refractivity contribution in [2.45, 2.75) is 5.25 Å². The van der Waals surface area contributed by atoms with Gasteiger partial charge in [-0.25, -0.2) is 8.42 Å². The van der Waals surface area contributed by atoms with E-state index in [1.54, 1.807) is 0 Å². The first-order chi connectivity index (χ1) is 4.67. The molecule has 1 heterocycles. The Hall–Kier alpha value is 0.570. The molecule has 0 aromatic heterocycles. The fourth-order valence-electron chi connectivity index (χ4n) is 0.513. The van der Waals surface area contributed by atoms with Crippen molar-refractivity contribution in [1.82, 2.24) is 4.13 Å². The first-order valence-electron chi connectivity index (χ1n) is 2.55. The van der Waals surface area contributed by atoms with Crippen LogP contribution in [0.3, 0.4) is 0 Å². The molecule has 0 aliphatic carbocycles. The molecule has 0 bridgehead atoms. The van der Waals surface area contributed by atoms with Gasteiger partial charge in [-0.05, 0) is 11.0 Å². The molecule has 0 spiro atoms. The van der Waals surface area contributed by atoms with E-state index in [0.29, 0.717) is 13.2 Å². The summed E-state index contributed by atoms with van der Waals surface area (Å²) in [6, 6.07) is 0. The zero-order chi connectivity index (χ0) is 7.61. The van der Waals surface area contributed by atoms with Crippen LogP contribution in [-0.4, -0.2) is 26.9 Å². The Balaban J connectivity index is 2.50. The molecule has 10 heavy (non-hydrogen) atoms. The van der Waals surface area contributed by atoms with E-state index in [-0.39, 0.29) is 5.25 Å². The molecular weight excluding hydrogens is 194 g/mol. The molecule has 0 aromatic rings. The fourth-order valence-corrected chi connectivity index (χ4v) is 2.96. The molecule has 0 radical (unpaired) electrons. The normalized spacial score (nSPS) is 20.5. The summed E-state index contributed by atoms with van der Waals surface area (Å²) in [7, 11) is -2.37. The van der Waals surface area contributed by atoms with Gasteiger partial charge in [0.15, 0.2) is 0 Å². The van der Waals surface area contributed by atoms with E-state index in [2.05, 4.69) is 15.8 Å². The minimum atomic E-state index is -3.16. The van der Waals surface area contributed by atoms with Crippen LogP contribution in [0.1, 0.15) is 0 Å². The highest BCUT2D eigenvalue weighted by atomic mass is 33.1. The molecule has 0 unspecified atom stereocenters. The standard InChI is InChI=1S/C3H7NO3S3/c5-10(6,4-9-8)3-1-7-2-3/h3-4,8H,1-2H2. The second kappa shape index (κ2) is 3.31. The van der Waals surface area contributed by atoms with Crippen molar-refractivity contribution in [3.8, 4) is 0 Å². The van der Waals surface area contributed by atoms with E-state index >= 15 is 0 Å². The second-order valence-electron chi connectivity index (χ2n) is 1.88. The van der Waals surface area contributed by atoms with Crippen LogP contribution in [0.4, 0.5) is 0 Å². The largest absolute Gasteiger partial charge is 0.378 e. The van der Waals surface area contributed by atoms with E-state index in [9.17, 15) is 8.42 Å². The zero-order valence-corrected chi connectivity index (χ0v) is 7.51. The fraction of sp³-hybridized carbons (Fsp3) is 1.00. The third kappa shape index (κ3) is 1.79. The molecular formula is C3H7NO3S3. The van der Waals surface area contributed by atoms with Gasteiger partial charge in [0.25, 0.3) is 0 Å². The summed E-state index contributed by atoms with van der Waals surface area (Å²) in [6.45, 7) is 0.591. The van der Waals surface area contributed by atoms with Crippen LogP contribution in [0.2, 0.25) is 0 Å². The van der Waals surface area contributed by atoms with Crippen LogP contribution >= 0.6 is 22.6 Å². The highest BCUT2D eigenvalue weighted by Crippen LogP contribution is 2.13. The Morgan fingerprint density at radius 1 is 1.60 bits per heavy atom. The van der Waals surface area contributed by atoms with Crippen LogP contribution in [-0.2, 0) is 14.8 Å². The van der Waals surface area contributed by atoms with Crippen molar-refractivity contribution in [2.24, 2.45) is 0 Å². The van der Waals surface area contributed by atoms with Gasteiger partial charge in [-0.15, -0.1) is 4.13 Å². The maximum absolute atomic E-state index is 11.0. The lowest BCUT2D eigenvalue weighted by atomic mass is 10.4. The molecule has 1 rings (SSSR count). The average Bonchev–Trinajstić information content (AvgIpc) is 1.56. The van der Waals surface area contributed by atoms with Gasteiger partial charge in [-0.1, -0.05) is 11.7 Å². The Morgan fingerprint density at radius 3 is 2.50 bits per heavy atom. The Morgan fingerprint density at radius 2 is 2.20 bits per heavy atom. The van der Waals surface area contributed by atoms with Crippen molar-refractivity contribution >= 4 is 32.7 Å². The molecule has 1 N–H and O–H groups in total. The monoisotopic (exact) mass is 201 g/mol. The SMILES string of the molecule is O=S(=O)(NSS)C1COC1. The smallest absolute Gasteiger partial charge is 0.228 e. The third-order valence-corrected chi connectivity index (χ3v) is 4.25. The van der Waals surface area contributed by atoms with Gasteiger partial charge in [0.05, 0.1) is 13.2 Å². The molecule has 0 aromatic carbocycles. The van der Waals surface area contributed by atoms with Crippen molar-refractivity contribution in [3.05, 3.63) is 0 Å². The molecule has 7 heteroatoms. The molecule has 0 atom stereocenters. The maximum atomic E-state index is 11.0. The number of hydrogen-bond donors (Lipinski definition) is 2. The van der Waals surface area contributed by atoms with Gasteiger partial charge < -0.3 is 4.74 Å². The summed E-state index contributed by atoms with van der Waals surface area (Å²) in [5, 5.41) is -0.382. The summed E-state index contributed by atoms with van der Waals surface area (Å²) in [5.74, 6) is 0. The number of hydrogen-bond acceptors (Lipinski definition) is 5. The average molecular weight is 201 g/mol. The Kier molecular flexibility index (Phi) is 2.87. The van der Waals surface area contributed by atoms with Crippen LogP contribution in [0, 0.1) is 0 Å². The van der Waals surface area contributed by atoms with Gasteiger partial charge in [-0.2, -0.15) is 0 Å². The summed E-state index contributed by atoms with van der Waals surface area (Å²) >= 11 is 3.66. The topological polar surface area (TPSA) is 55.4 Å². The summed E-state index contributed by atoms with van der Waals surface area (Å²) in [4.78, 5) is 0. The summed E-state index contributed by atoms with van der Waals surface area (Å²) in [5.41, 5.74) is 0. The van der Waals surface area contributed by atoms with Crippen molar-refractivity contribution in [2.75, 3.05) is 13.2 Å². The minimum absolute atomic E-state index is 0.295. The van der Waals surface area contributed by atoms with E-state index in [4.69, 9.17) is 4.74 Å². The molecule has 1 aliphatic rings. The van der Waals surface area contributed by atoms with E-state index < -0.39 is 10.0 Å². The molecule has 0 amide bonds. The molecule has 0 saturated carbocycles. The van der Waals surface area contributed by atoms with Crippen LogP contribution in [0.15, 0.2) is 0 Å². The number of nitrogens with one attached hydrogen (secondary N) is 1. The third-order valence-electron chi connectivity index (χ3n) is 1.20. The van der Waals surface area contributed by atoms with Crippen molar-refractivity contribution < 1.29 is 13.2 Å². The second-order valence-corrected chi connectivity index (χ2v) is 5.03. The molecule has 1 aliphatic heterocycles. The van der Waals surface area contributed by atoms with E-state index in [0.717, 1.165) is 11.0 Å². The number of ether oxygens (including phenoxy) is 1. The van der Waals surface area contributed by atoms with Gasteiger partial charge in [0.1, 0.15) is 5.25 Å². The highest BCUT2D eigenvalue weighted by molar-refractivity contribution is 8.69. The van der Waals surface area contributed by atoms with Crippen LogP contribution in [0.25, 0.3) is 0 Å². The van der Waals surface area contributed by atoms with Gasteiger partial charge in [-0.3, -0.25) is 0 Å². The lowest BCUT2D eigenvalue weighted by Gasteiger charge is -2.24. The predicted octanol–water partition coefficient (Wildman–Crippen LogP) is -0.202. The number of thiol groups is 1. The van der Waals surface area contributed by atoms with Crippen molar-refractivity contribution in [1.29, 1.82) is 0 Å². The number of sulfonamides is 1. The van der Waals surface area contributed by atoms with Crippen LogP contribution in [0.5, 0.6) is 0 Å². The quantitative estimate of drug-likeness (QED) is 0.377. The lowest BCUT2D eigenvalue weighted by Crippen LogP contribution is -2.44. The molecule has 1 saturated heterocycles. The summed E-state index contributed by atoms with van der Waals surface area (Å²) in [6.07, 6.45) is 0. The van der Waals surface area contributed by atoms with E-state index in [1.807, 2.05) is 0 Å². The van der Waals surface area contributed by atoms with Gasteiger partial charge in [0.2, 0.25) is 10.0 Å². The molecule has 60 valence electrons. The van der Waals surface area contributed by atoms with Gasteiger partial charge >= 0.3 is 0 Å². The minimum Gasteiger partial charge on any atom is -0.378 e. The lowest BCUT2D eigenvalue weighted by molar-refractivity contribution is 0.0414. The number of rotatable bonds is 3. The molecule has 4 nitrogen and oxygen atoms in total.